The molecule has 0 aliphatic heterocycles. The molecule has 0 aliphatic carbocycles. The normalized spacial score (nSPS) is 9.50. The highest BCUT2D eigenvalue weighted by Gasteiger charge is 2.14. The standard InChI is InChI=1S/C9H8O5/c1-5(10)14-7-4-2-3-6(8(7)11)9(12)13/h2-4,11H,1H3,(H,12,13). The lowest BCUT2D eigenvalue weighted by Gasteiger charge is -2.05. The molecule has 14 heavy (non-hydrogen) atoms. The number of aromatic hydroxyl groups is 1. The Balaban J connectivity index is 3.13. The summed E-state index contributed by atoms with van der Waals surface area (Å²) >= 11 is 0. The maximum Gasteiger partial charge on any atom is 0.339 e. The first-order valence-electron chi connectivity index (χ1n) is 3.76. The Bertz CT molecular complexity index is 383. The summed E-state index contributed by atoms with van der Waals surface area (Å²) in [6.45, 7) is 1.16. The molecular formula is C9H8O5. The number of rotatable bonds is 2. The number of hydrogen-bond acceptors (Lipinski definition) is 4. The molecule has 0 fully saturated rings. The Hall–Kier alpha value is -2.04. The van der Waals surface area contributed by atoms with E-state index in [-0.39, 0.29) is 11.3 Å². The minimum Gasteiger partial charge on any atom is -0.504 e. The second-order valence-corrected chi connectivity index (χ2v) is 2.55. The summed E-state index contributed by atoms with van der Waals surface area (Å²) in [4.78, 5) is 21.1. The lowest BCUT2D eigenvalue weighted by molar-refractivity contribution is -0.132. The molecule has 0 bridgehead atoms. The topological polar surface area (TPSA) is 83.8 Å². The SMILES string of the molecule is CC(=O)Oc1cccc(C(=O)O)c1O. The minimum absolute atomic E-state index is 0.155. The molecule has 0 radical (unpaired) electrons. The number of aromatic carboxylic acids is 1. The van der Waals surface area contributed by atoms with Crippen LogP contribution >= 0.6 is 0 Å². The van der Waals surface area contributed by atoms with Crippen LogP contribution in [0.1, 0.15) is 17.3 Å². The molecule has 0 amide bonds. The van der Waals surface area contributed by atoms with Gasteiger partial charge in [-0.05, 0) is 12.1 Å². The average molecular weight is 196 g/mol. The second-order valence-electron chi connectivity index (χ2n) is 2.55. The van der Waals surface area contributed by atoms with Gasteiger partial charge in [0.15, 0.2) is 11.5 Å². The Labute approximate surface area is 79.6 Å². The highest BCUT2D eigenvalue weighted by molar-refractivity contribution is 5.92. The molecule has 0 aromatic heterocycles. The highest BCUT2D eigenvalue weighted by Crippen LogP contribution is 2.29. The lowest BCUT2D eigenvalue weighted by Crippen LogP contribution is -2.04. The fourth-order valence-corrected chi connectivity index (χ4v) is 0.932. The number of esters is 1. The zero-order valence-corrected chi connectivity index (χ0v) is 7.35. The van der Waals surface area contributed by atoms with Gasteiger partial charge >= 0.3 is 11.9 Å². The van der Waals surface area contributed by atoms with Crippen LogP contribution in [0.3, 0.4) is 0 Å². The lowest BCUT2D eigenvalue weighted by atomic mass is 10.2. The van der Waals surface area contributed by atoms with Crippen molar-refractivity contribution in [1.29, 1.82) is 0 Å². The number of hydrogen-bond donors (Lipinski definition) is 2. The summed E-state index contributed by atoms with van der Waals surface area (Å²) in [5.74, 6) is -2.60. The van der Waals surface area contributed by atoms with Gasteiger partial charge in [0.05, 0.1) is 0 Å². The summed E-state index contributed by atoms with van der Waals surface area (Å²) < 4.78 is 4.58. The van der Waals surface area contributed by atoms with Crippen LogP contribution in [0, 0.1) is 0 Å². The Morgan fingerprint density at radius 2 is 2.00 bits per heavy atom. The minimum atomic E-state index is -1.28. The Kier molecular flexibility index (Phi) is 2.71. The molecule has 0 saturated heterocycles. The molecule has 2 N–H and O–H groups in total. The number of carbonyl (C=O) groups excluding carboxylic acids is 1. The van der Waals surface area contributed by atoms with E-state index in [1.165, 1.54) is 18.2 Å². The van der Waals surface area contributed by atoms with E-state index in [1.54, 1.807) is 0 Å². The zero-order valence-electron chi connectivity index (χ0n) is 7.35. The molecule has 1 aromatic rings. The summed E-state index contributed by atoms with van der Waals surface area (Å²) in [5, 5.41) is 18.0. The van der Waals surface area contributed by atoms with Crippen LogP contribution in [0.4, 0.5) is 0 Å². The maximum absolute atomic E-state index is 10.6. The van der Waals surface area contributed by atoms with Crippen LogP contribution in [0.2, 0.25) is 0 Å². The van der Waals surface area contributed by atoms with Crippen molar-refractivity contribution in [3.63, 3.8) is 0 Å². The molecule has 5 heteroatoms. The van der Waals surface area contributed by atoms with Crippen LogP contribution in [0.25, 0.3) is 0 Å². The molecule has 0 heterocycles. The van der Waals surface area contributed by atoms with Gasteiger partial charge in [-0.1, -0.05) is 6.07 Å². The van der Waals surface area contributed by atoms with E-state index in [1.807, 2.05) is 0 Å². The van der Waals surface area contributed by atoms with Gasteiger partial charge in [-0.3, -0.25) is 4.79 Å². The van der Waals surface area contributed by atoms with E-state index in [0.29, 0.717) is 0 Å². The highest BCUT2D eigenvalue weighted by atomic mass is 16.5. The van der Waals surface area contributed by atoms with Crippen molar-refractivity contribution >= 4 is 11.9 Å². The van der Waals surface area contributed by atoms with E-state index in [2.05, 4.69) is 4.74 Å². The third-order valence-electron chi connectivity index (χ3n) is 1.48. The quantitative estimate of drug-likeness (QED) is 0.544. The van der Waals surface area contributed by atoms with Crippen LogP contribution in [-0.2, 0) is 4.79 Å². The smallest absolute Gasteiger partial charge is 0.339 e. The van der Waals surface area contributed by atoms with Crippen LogP contribution in [0.15, 0.2) is 18.2 Å². The fraction of sp³-hybridized carbons (Fsp3) is 0.111. The monoisotopic (exact) mass is 196 g/mol. The van der Waals surface area contributed by atoms with Crippen molar-refractivity contribution in [1.82, 2.24) is 0 Å². The Morgan fingerprint density at radius 3 is 2.50 bits per heavy atom. The van der Waals surface area contributed by atoms with Gasteiger partial charge in [0.2, 0.25) is 0 Å². The molecule has 0 aliphatic rings. The van der Waals surface area contributed by atoms with Crippen molar-refractivity contribution < 1.29 is 24.5 Å². The van der Waals surface area contributed by atoms with E-state index in [9.17, 15) is 14.7 Å². The molecule has 0 saturated carbocycles. The number of ether oxygens (including phenoxy) is 1. The molecule has 0 atom stereocenters. The van der Waals surface area contributed by atoms with Crippen molar-refractivity contribution in [3.05, 3.63) is 23.8 Å². The average Bonchev–Trinajstić information content (AvgIpc) is 2.07. The Morgan fingerprint density at radius 1 is 1.36 bits per heavy atom. The number of para-hydroxylation sites is 1. The van der Waals surface area contributed by atoms with Gasteiger partial charge in [0.1, 0.15) is 5.56 Å². The van der Waals surface area contributed by atoms with Crippen molar-refractivity contribution in [3.8, 4) is 11.5 Å². The molecular weight excluding hydrogens is 188 g/mol. The molecule has 5 nitrogen and oxygen atoms in total. The van der Waals surface area contributed by atoms with Gasteiger partial charge in [0, 0.05) is 6.92 Å². The largest absolute Gasteiger partial charge is 0.504 e. The van der Waals surface area contributed by atoms with Gasteiger partial charge in [0.25, 0.3) is 0 Å². The number of phenols is 1. The van der Waals surface area contributed by atoms with Crippen LogP contribution < -0.4 is 4.74 Å². The predicted molar refractivity (Wildman–Crippen MR) is 46.4 cm³/mol. The maximum atomic E-state index is 10.6. The number of carbonyl (C=O) groups is 2. The van der Waals surface area contributed by atoms with Gasteiger partial charge in [-0.2, -0.15) is 0 Å². The van der Waals surface area contributed by atoms with E-state index >= 15 is 0 Å². The summed E-state index contributed by atoms with van der Waals surface area (Å²) in [5.41, 5.74) is -0.302. The summed E-state index contributed by atoms with van der Waals surface area (Å²) in [6, 6.07) is 3.90. The van der Waals surface area contributed by atoms with E-state index < -0.39 is 17.7 Å². The zero-order chi connectivity index (χ0) is 10.7. The number of carboxylic acids is 1. The first kappa shape index (κ1) is 10.0. The first-order valence-corrected chi connectivity index (χ1v) is 3.76. The number of carboxylic acid groups (broad SMARTS) is 1. The summed E-state index contributed by atoms with van der Waals surface area (Å²) in [7, 11) is 0. The van der Waals surface area contributed by atoms with Crippen molar-refractivity contribution in [2.75, 3.05) is 0 Å². The number of benzene rings is 1. The van der Waals surface area contributed by atoms with Crippen LogP contribution in [-0.4, -0.2) is 22.2 Å². The van der Waals surface area contributed by atoms with Crippen molar-refractivity contribution in [2.24, 2.45) is 0 Å². The van der Waals surface area contributed by atoms with E-state index in [4.69, 9.17) is 5.11 Å². The van der Waals surface area contributed by atoms with Crippen molar-refractivity contribution in [2.45, 2.75) is 6.92 Å². The fourth-order valence-electron chi connectivity index (χ4n) is 0.932. The van der Waals surface area contributed by atoms with Crippen LogP contribution in [0.5, 0.6) is 11.5 Å². The van der Waals surface area contributed by atoms with Gasteiger partial charge in [-0.15, -0.1) is 0 Å². The second kappa shape index (κ2) is 3.78. The van der Waals surface area contributed by atoms with Gasteiger partial charge in [-0.25, -0.2) is 4.79 Å². The molecule has 0 unspecified atom stereocenters. The molecule has 74 valence electrons. The molecule has 1 rings (SSSR count). The first-order chi connectivity index (χ1) is 6.52. The summed E-state index contributed by atoms with van der Waals surface area (Å²) in [6.07, 6.45) is 0. The predicted octanol–water partition coefficient (Wildman–Crippen LogP) is 1.02. The third kappa shape index (κ3) is 2.01. The molecule has 1 aromatic carbocycles. The van der Waals surface area contributed by atoms with E-state index in [0.717, 1.165) is 6.92 Å². The third-order valence-corrected chi connectivity index (χ3v) is 1.48. The van der Waals surface area contributed by atoms with Gasteiger partial charge < -0.3 is 14.9 Å². The molecule has 0 spiro atoms.